The van der Waals surface area contributed by atoms with E-state index in [1.807, 2.05) is 39.8 Å². The van der Waals surface area contributed by atoms with Gasteiger partial charge in [0, 0.05) is 12.1 Å². The molecule has 1 aromatic carbocycles. The average Bonchev–Trinajstić information content (AvgIpc) is 2.85. The normalized spacial score (nSPS) is 18.8. The van der Waals surface area contributed by atoms with Gasteiger partial charge in [0.2, 0.25) is 0 Å². The van der Waals surface area contributed by atoms with Crippen molar-refractivity contribution < 1.29 is 23.6 Å². The first kappa shape index (κ1) is 21.4. The number of methoxy groups -OCH3 is 1. The van der Waals surface area contributed by atoms with Crippen LogP contribution in [0.15, 0.2) is 24.3 Å². The molecule has 1 heterocycles. The van der Waals surface area contributed by atoms with Crippen LogP contribution in [0.3, 0.4) is 0 Å². The summed E-state index contributed by atoms with van der Waals surface area (Å²) in [6, 6.07) is 6.51. The number of carbonyl (C=O) groups excluding carboxylic acids is 2. The largest absolute Gasteiger partial charge is 0.494 e. The Bertz CT molecular complexity index is 659. The van der Waals surface area contributed by atoms with Crippen LogP contribution < -0.4 is 16.5 Å². The van der Waals surface area contributed by atoms with Gasteiger partial charge in [-0.1, -0.05) is 12.1 Å². The van der Waals surface area contributed by atoms with Crippen LogP contribution in [0.5, 0.6) is 0 Å². The van der Waals surface area contributed by atoms with Crippen molar-refractivity contribution in [1.82, 2.24) is 5.32 Å². The van der Waals surface area contributed by atoms with Crippen molar-refractivity contribution in [2.45, 2.75) is 57.8 Å². The SMILES string of the molecule is COC(=O)C(N)CCCNC(=O)c1ccc(B2OC(C)(C)C(C)(C)O2)cc1. The topological polar surface area (TPSA) is 99.9 Å². The lowest BCUT2D eigenvalue weighted by Gasteiger charge is -2.32. The third kappa shape index (κ3) is 5.09. The first-order valence-corrected chi connectivity index (χ1v) is 9.14. The van der Waals surface area contributed by atoms with Crippen molar-refractivity contribution in [3.8, 4) is 0 Å². The maximum absolute atomic E-state index is 12.2. The molecule has 1 fully saturated rings. The molecule has 0 spiro atoms. The number of rotatable bonds is 7. The van der Waals surface area contributed by atoms with Crippen molar-refractivity contribution in [2.24, 2.45) is 5.73 Å². The fourth-order valence-corrected chi connectivity index (χ4v) is 2.67. The van der Waals surface area contributed by atoms with Gasteiger partial charge in [-0.3, -0.25) is 9.59 Å². The Morgan fingerprint density at radius 2 is 1.70 bits per heavy atom. The van der Waals surface area contributed by atoms with E-state index in [1.54, 1.807) is 12.1 Å². The van der Waals surface area contributed by atoms with Gasteiger partial charge in [0.25, 0.3) is 5.91 Å². The second-order valence-electron chi connectivity index (χ2n) is 7.74. The van der Waals surface area contributed by atoms with E-state index in [-0.39, 0.29) is 5.91 Å². The summed E-state index contributed by atoms with van der Waals surface area (Å²) in [7, 11) is 0.851. The van der Waals surface area contributed by atoms with Crippen molar-refractivity contribution in [2.75, 3.05) is 13.7 Å². The highest BCUT2D eigenvalue weighted by atomic mass is 16.7. The standard InChI is InChI=1S/C19H29BN2O5/c1-18(2)19(3,4)27-20(26-18)14-10-8-13(9-11-14)16(23)22-12-6-7-15(21)17(24)25-5/h8-11,15H,6-7,12,21H2,1-5H3,(H,22,23). The van der Waals surface area contributed by atoms with Gasteiger partial charge < -0.3 is 25.1 Å². The summed E-state index contributed by atoms with van der Waals surface area (Å²) in [5.74, 6) is -0.623. The minimum atomic E-state index is -0.661. The summed E-state index contributed by atoms with van der Waals surface area (Å²) in [6.07, 6.45) is 1.04. The smallest absolute Gasteiger partial charge is 0.468 e. The van der Waals surface area contributed by atoms with Crippen LogP contribution in [0.25, 0.3) is 0 Å². The average molecular weight is 376 g/mol. The number of hydrogen-bond acceptors (Lipinski definition) is 6. The van der Waals surface area contributed by atoms with Crippen LogP contribution in [-0.2, 0) is 18.8 Å². The predicted octanol–water partition coefficient (Wildman–Crippen LogP) is 0.996. The third-order valence-electron chi connectivity index (χ3n) is 5.18. The minimum Gasteiger partial charge on any atom is -0.468 e. The Hall–Kier alpha value is -1.90. The lowest BCUT2D eigenvalue weighted by atomic mass is 9.79. The molecule has 0 aromatic heterocycles. The van der Waals surface area contributed by atoms with Crippen molar-refractivity contribution >= 4 is 24.5 Å². The Balaban J connectivity index is 1.85. The summed E-state index contributed by atoms with van der Waals surface area (Å²) in [5.41, 5.74) is 6.27. The maximum atomic E-state index is 12.2. The number of amides is 1. The van der Waals surface area contributed by atoms with E-state index >= 15 is 0 Å². The summed E-state index contributed by atoms with van der Waals surface area (Å²) in [5, 5.41) is 2.82. The molecule has 0 aliphatic carbocycles. The number of benzene rings is 1. The van der Waals surface area contributed by atoms with E-state index in [0.29, 0.717) is 24.9 Å². The second-order valence-corrected chi connectivity index (χ2v) is 7.74. The zero-order valence-electron chi connectivity index (χ0n) is 16.7. The Kier molecular flexibility index (Phi) is 6.67. The molecule has 1 saturated heterocycles. The number of hydrogen-bond donors (Lipinski definition) is 2. The predicted molar refractivity (Wildman–Crippen MR) is 104 cm³/mol. The molecule has 1 aliphatic heterocycles. The molecule has 1 unspecified atom stereocenters. The van der Waals surface area contributed by atoms with Gasteiger partial charge >= 0.3 is 13.1 Å². The van der Waals surface area contributed by atoms with Gasteiger partial charge in [0.1, 0.15) is 6.04 Å². The zero-order valence-corrected chi connectivity index (χ0v) is 16.7. The van der Waals surface area contributed by atoms with Crippen molar-refractivity contribution in [1.29, 1.82) is 0 Å². The Labute approximate surface area is 161 Å². The summed E-state index contributed by atoms with van der Waals surface area (Å²) >= 11 is 0. The fraction of sp³-hybridized carbons (Fsp3) is 0.579. The summed E-state index contributed by atoms with van der Waals surface area (Å²) in [6.45, 7) is 8.44. The van der Waals surface area contributed by atoms with E-state index in [0.717, 1.165) is 5.46 Å². The molecule has 7 nitrogen and oxygen atoms in total. The molecule has 0 radical (unpaired) electrons. The van der Waals surface area contributed by atoms with Gasteiger partial charge in [-0.15, -0.1) is 0 Å². The lowest BCUT2D eigenvalue weighted by Crippen LogP contribution is -2.41. The maximum Gasteiger partial charge on any atom is 0.494 e. The molecule has 0 saturated carbocycles. The molecule has 1 aromatic rings. The van der Waals surface area contributed by atoms with Crippen LogP contribution in [0, 0.1) is 0 Å². The highest BCUT2D eigenvalue weighted by Gasteiger charge is 2.51. The highest BCUT2D eigenvalue weighted by Crippen LogP contribution is 2.36. The third-order valence-corrected chi connectivity index (χ3v) is 5.18. The fourth-order valence-electron chi connectivity index (χ4n) is 2.67. The van der Waals surface area contributed by atoms with E-state index < -0.39 is 30.3 Å². The molecule has 148 valence electrons. The Morgan fingerprint density at radius 1 is 1.15 bits per heavy atom. The monoisotopic (exact) mass is 376 g/mol. The summed E-state index contributed by atoms with van der Waals surface area (Å²) < 4.78 is 16.6. The quantitative estimate of drug-likeness (QED) is 0.418. The van der Waals surface area contributed by atoms with Gasteiger partial charge in [-0.2, -0.15) is 0 Å². The first-order chi connectivity index (χ1) is 12.6. The molecule has 8 heteroatoms. The molecule has 0 bridgehead atoms. The van der Waals surface area contributed by atoms with Crippen LogP contribution >= 0.6 is 0 Å². The molecule has 2 rings (SSSR count). The number of esters is 1. The van der Waals surface area contributed by atoms with Crippen molar-refractivity contribution in [3.05, 3.63) is 29.8 Å². The number of carbonyl (C=O) groups is 2. The van der Waals surface area contributed by atoms with Gasteiger partial charge in [0.05, 0.1) is 18.3 Å². The molecule has 27 heavy (non-hydrogen) atoms. The van der Waals surface area contributed by atoms with E-state index in [1.165, 1.54) is 7.11 Å². The molecule has 3 N–H and O–H groups in total. The molecule has 1 atom stereocenters. The second kappa shape index (κ2) is 8.41. The Morgan fingerprint density at radius 3 is 2.22 bits per heavy atom. The van der Waals surface area contributed by atoms with Crippen LogP contribution in [-0.4, -0.2) is 49.9 Å². The molecule has 1 amide bonds. The summed E-state index contributed by atoms with van der Waals surface area (Å²) in [4.78, 5) is 23.4. The van der Waals surface area contributed by atoms with Gasteiger partial charge in [0.15, 0.2) is 0 Å². The van der Waals surface area contributed by atoms with Gasteiger partial charge in [-0.05, 0) is 58.1 Å². The number of ether oxygens (including phenoxy) is 1. The van der Waals surface area contributed by atoms with Crippen LogP contribution in [0.2, 0.25) is 0 Å². The van der Waals surface area contributed by atoms with Crippen LogP contribution in [0.1, 0.15) is 50.9 Å². The molecule has 1 aliphatic rings. The molecular formula is C19H29BN2O5. The lowest BCUT2D eigenvalue weighted by molar-refractivity contribution is -0.142. The number of nitrogens with two attached hydrogens (primary N) is 1. The van der Waals surface area contributed by atoms with E-state index in [9.17, 15) is 9.59 Å². The van der Waals surface area contributed by atoms with Crippen LogP contribution in [0.4, 0.5) is 0 Å². The minimum absolute atomic E-state index is 0.179. The van der Waals surface area contributed by atoms with Gasteiger partial charge in [-0.25, -0.2) is 0 Å². The van der Waals surface area contributed by atoms with E-state index in [2.05, 4.69) is 10.1 Å². The zero-order chi connectivity index (χ0) is 20.2. The van der Waals surface area contributed by atoms with Crippen molar-refractivity contribution in [3.63, 3.8) is 0 Å². The first-order valence-electron chi connectivity index (χ1n) is 9.14. The highest BCUT2D eigenvalue weighted by molar-refractivity contribution is 6.62. The number of nitrogens with one attached hydrogen (secondary N) is 1. The van der Waals surface area contributed by atoms with E-state index in [4.69, 9.17) is 15.0 Å². The molecular weight excluding hydrogens is 347 g/mol.